The number of nitroso groups, excluding NO2 is 1. The fraction of sp³-hybridized carbons (Fsp3) is 0.276. The standard InChI is InChI=1S/C29H28FN3O7S/c1-37-29(11-13-38-14-12-29)21-15-22(30)17-23(16-21)39-18-25(33-34)28-32-26(19-5-3-2-4-6-19)27(40-28)20-7-9-24(10-8-20)41(31,35)36/h2-10,15-17,25H,11-14,18H2,1H3,(H2,31,35,36). The fourth-order valence-corrected chi connectivity index (χ4v) is 5.32. The van der Waals surface area contributed by atoms with Crippen LogP contribution in [0.5, 0.6) is 5.75 Å². The van der Waals surface area contributed by atoms with Crippen molar-refractivity contribution in [2.45, 2.75) is 29.4 Å². The third-order valence-electron chi connectivity index (χ3n) is 7.04. The van der Waals surface area contributed by atoms with Gasteiger partial charge in [0.25, 0.3) is 0 Å². The predicted octanol–water partition coefficient (Wildman–Crippen LogP) is 5.33. The van der Waals surface area contributed by atoms with E-state index in [9.17, 15) is 17.7 Å². The smallest absolute Gasteiger partial charge is 0.238 e. The van der Waals surface area contributed by atoms with Gasteiger partial charge in [-0.25, -0.2) is 22.9 Å². The number of methoxy groups -OCH3 is 1. The highest BCUT2D eigenvalue weighted by atomic mass is 32.2. The molecular formula is C29H28FN3O7S. The number of rotatable bonds is 10. The lowest BCUT2D eigenvalue weighted by atomic mass is 9.86. The van der Waals surface area contributed by atoms with Crippen molar-refractivity contribution >= 4 is 10.0 Å². The Labute approximate surface area is 236 Å². The third-order valence-corrected chi connectivity index (χ3v) is 7.97. The second-order valence-corrected chi connectivity index (χ2v) is 11.1. The number of nitrogens with two attached hydrogens (primary N) is 1. The van der Waals surface area contributed by atoms with Gasteiger partial charge in [0, 0.05) is 50.4 Å². The van der Waals surface area contributed by atoms with Crippen molar-refractivity contribution in [2.75, 3.05) is 26.9 Å². The maximum atomic E-state index is 14.6. The first-order valence-corrected chi connectivity index (χ1v) is 14.4. The number of aromatic nitrogens is 1. The molecule has 0 amide bonds. The largest absolute Gasteiger partial charge is 0.491 e. The van der Waals surface area contributed by atoms with E-state index in [2.05, 4.69) is 10.2 Å². The van der Waals surface area contributed by atoms with Gasteiger partial charge in [-0.3, -0.25) is 0 Å². The molecule has 3 aromatic carbocycles. The van der Waals surface area contributed by atoms with Gasteiger partial charge in [0.1, 0.15) is 23.9 Å². The van der Waals surface area contributed by atoms with Crippen LogP contribution in [0.4, 0.5) is 4.39 Å². The SMILES string of the molecule is COC1(c2cc(F)cc(OCC(N=O)c3nc(-c4ccccc4)c(-c4ccc(S(N)(=O)=O)cc4)o3)c2)CCOCC1. The Morgan fingerprint density at radius 2 is 1.76 bits per heavy atom. The number of hydrogen-bond donors (Lipinski definition) is 1. The van der Waals surface area contributed by atoms with Crippen molar-refractivity contribution in [3.8, 4) is 28.3 Å². The van der Waals surface area contributed by atoms with Crippen molar-refractivity contribution in [3.63, 3.8) is 0 Å². The van der Waals surface area contributed by atoms with Gasteiger partial charge in [0.2, 0.25) is 22.0 Å². The summed E-state index contributed by atoms with van der Waals surface area (Å²) < 4.78 is 61.1. The zero-order valence-corrected chi connectivity index (χ0v) is 23.0. The van der Waals surface area contributed by atoms with Crippen LogP contribution in [-0.2, 0) is 25.1 Å². The van der Waals surface area contributed by atoms with E-state index in [1.807, 2.05) is 30.3 Å². The number of nitrogens with zero attached hydrogens (tertiary/aromatic N) is 2. The maximum absolute atomic E-state index is 14.6. The van der Waals surface area contributed by atoms with Crippen LogP contribution in [0.1, 0.15) is 30.3 Å². The Kier molecular flexibility index (Phi) is 8.27. The number of oxazole rings is 1. The van der Waals surface area contributed by atoms with Crippen LogP contribution in [0, 0.1) is 10.7 Å². The van der Waals surface area contributed by atoms with E-state index >= 15 is 0 Å². The molecule has 1 atom stereocenters. The molecule has 4 aromatic rings. The average Bonchev–Trinajstić information content (AvgIpc) is 3.43. The van der Waals surface area contributed by atoms with Crippen LogP contribution in [0.3, 0.4) is 0 Å². The average molecular weight is 582 g/mol. The van der Waals surface area contributed by atoms with Crippen molar-refractivity contribution in [3.05, 3.63) is 95.0 Å². The monoisotopic (exact) mass is 581 g/mol. The summed E-state index contributed by atoms with van der Waals surface area (Å²) in [5.41, 5.74) is 1.54. The van der Waals surface area contributed by atoms with Gasteiger partial charge >= 0.3 is 0 Å². The normalized spacial score (nSPS) is 15.8. The topological polar surface area (TPSA) is 143 Å². The summed E-state index contributed by atoms with van der Waals surface area (Å²) in [6, 6.07) is 18.0. The second-order valence-electron chi connectivity index (χ2n) is 9.58. The zero-order valence-electron chi connectivity index (χ0n) is 22.2. The molecule has 0 radical (unpaired) electrons. The van der Waals surface area contributed by atoms with Crippen LogP contribution >= 0.6 is 0 Å². The number of benzene rings is 3. The van der Waals surface area contributed by atoms with Gasteiger partial charge in [-0.2, -0.15) is 0 Å². The van der Waals surface area contributed by atoms with E-state index in [0.29, 0.717) is 54.2 Å². The molecule has 1 saturated heterocycles. The molecule has 0 spiro atoms. The van der Waals surface area contributed by atoms with Crippen LogP contribution in [-0.4, -0.2) is 40.3 Å². The highest BCUT2D eigenvalue weighted by Gasteiger charge is 2.35. The van der Waals surface area contributed by atoms with Crippen molar-refractivity contribution in [1.29, 1.82) is 0 Å². The van der Waals surface area contributed by atoms with E-state index in [1.165, 1.54) is 36.4 Å². The van der Waals surface area contributed by atoms with Crippen molar-refractivity contribution in [2.24, 2.45) is 10.3 Å². The zero-order chi connectivity index (χ0) is 29.0. The summed E-state index contributed by atoms with van der Waals surface area (Å²) in [7, 11) is -2.31. The molecule has 1 aliphatic heterocycles. The highest BCUT2D eigenvalue weighted by molar-refractivity contribution is 7.89. The second kappa shape index (κ2) is 11.9. The molecule has 5 rings (SSSR count). The summed E-state index contributed by atoms with van der Waals surface area (Å²) in [6.45, 7) is 0.700. The number of sulfonamides is 1. The van der Waals surface area contributed by atoms with Crippen molar-refractivity contribution in [1.82, 2.24) is 4.98 Å². The number of halogens is 1. The lowest BCUT2D eigenvalue weighted by molar-refractivity contribution is -0.0950. The lowest BCUT2D eigenvalue weighted by Crippen LogP contribution is -2.35. The highest BCUT2D eigenvalue weighted by Crippen LogP contribution is 2.38. The molecule has 214 valence electrons. The Bertz CT molecular complexity index is 1620. The molecule has 2 N–H and O–H groups in total. The van der Waals surface area contributed by atoms with Gasteiger partial charge in [0.05, 0.1) is 10.5 Å². The van der Waals surface area contributed by atoms with Gasteiger partial charge in [-0.1, -0.05) is 35.5 Å². The number of ether oxygens (including phenoxy) is 3. The minimum Gasteiger partial charge on any atom is -0.491 e. The van der Waals surface area contributed by atoms with Crippen LogP contribution < -0.4 is 9.88 Å². The Hall–Kier alpha value is -3.97. The first-order chi connectivity index (χ1) is 19.7. The minimum atomic E-state index is -3.89. The predicted molar refractivity (Wildman–Crippen MR) is 148 cm³/mol. The minimum absolute atomic E-state index is 0.0150. The van der Waals surface area contributed by atoms with Gasteiger partial charge < -0.3 is 18.6 Å². The molecule has 41 heavy (non-hydrogen) atoms. The van der Waals surface area contributed by atoms with Crippen LogP contribution in [0.15, 0.2) is 87.3 Å². The molecule has 1 unspecified atom stereocenters. The Morgan fingerprint density at radius 1 is 1.05 bits per heavy atom. The van der Waals surface area contributed by atoms with Crippen LogP contribution in [0.25, 0.3) is 22.6 Å². The Morgan fingerprint density at radius 3 is 2.39 bits per heavy atom. The molecule has 1 aromatic heterocycles. The summed E-state index contributed by atoms with van der Waals surface area (Å²) in [4.78, 5) is 16.4. The maximum Gasteiger partial charge on any atom is 0.238 e. The van der Waals surface area contributed by atoms with E-state index in [4.69, 9.17) is 23.8 Å². The van der Waals surface area contributed by atoms with E-state index in [1.54, 1.807) is 13.2 Å². The summed E-state index contributed by atoms with van der Waals surface area (Å²) in [5.74, 6) is -0.0248. The summed E-state index contributed by atoms with van der Waals surface area (Å²) in [5, 5.41) is 8.39. The molecule has 0 saturated carbocycles. The Balaban J connectivity index is 1.44. The van der Waals surface area contributed by atoms with Gasteiger partial charge in [0.15, 0.2) is 5.76 Å². The van der Waals surface area contributed by atoms with E-state index in [-0.39, 0.29) is 23.1 Å². The molecule has 1 aliphatic rings. The molecular weight excluding hydrogens is 553 g/mol. The first kappa shape index (κ1) is 28.6. The quantitative estimate of drug-likeness (QED) is 0.248. The van der Waals surface area contributed by atoms with E-state index in [0.717, 1.165) is 0 Å². The van der Waals surface area contributed by atoms with Crippen LogP contribution in [0.2, 0.25) is 0 Å². The lowest BCUT2D eigenvalue weighted by Gasteiger charge is -2.36. The number of hydrogen-bond acceptors (Lipinski definition) is 9. The summed E-state index contributed by atoms with van der Waals surface area (Å²) in [6.07, 6.45) is 1.12. The molecule has 12 heteroatoms. The first-order valence-electron chi connectivity index (χ1n) is 12.8. The summed E-state index contributed by atoms with van der Waals surface area (Å²) >= 11 is 0. The molecule has 0 aliphatic carbocycles. The third kappa shape index (κ3) is 6.20. The fourth-order valence-electron chi connectivity index (χ4n) is 4.81. The molecule has 0 bridgehead atoms. The van der Waals surface area contributed by atoms with Crippen molar-refractivity contribution < 1.29 is 31.4 Å². The van der Waals surface area contributed by atoms with Gasteiger partial charge in [-0.05, 0) is 42.0 Å². The molecule has 10 nitrogen and oxygen atoms in total. The number of primary sulfonamides is 1. The van der Waals surface area contributed by atoms with Gasteiger partial charge in [-0.15, -0.1) is 4.91 Å². The molecule has 2 heterocycles. The van der Waals surface area contributed by atoms with E-state index < -0.39 is 27.5 Å². The molecule has 1 fully saturated rings.